The second-order valence-corrected chi connectivity index (χ2v) is 3.78. The van der Waals surface area contributed by atoms with Crippen molar-refractivity contribution in [1.29, 1.82) is 0 Å². The average Bonchev–Trinajstić information content (AvgIpc) is 2.24. The van der Waals surface area contributed by atoms with Crippen LogP contribution in [0.4, 0.5) is 5.82 Å². The van der Waals surface area contributed by atoms with E-state index in [4.69, 9.17) is 33.7 Å². The molecular weight excluding hydrogens is 249 g/mol. The van der Waals surface area contributed by atoms with Gasteiger partial charge in [0, 0.05) is 17.3 Å². The summed E-state index contributed by atoms with van der Waals surface area (Å²) >= 11 is 11.7. The van der Waals surface area contributed by atoms with Gasteiger partial charge in [-0.05, 0) is 18.2 Å². The van der Waals surface area contributed by atoms with Crippen LogP contribution in [0.2, 0.25) is 10.0 Å². The summed E-state index contributed by atoms with van der Waals surface area (Å²) in [6.07, 6.45) is 1.50. The van der Waals surface area contributed by atoms with Crippen LogP contribution in [-0.2, 0) is 0 Å². The zero-order valence-electron chi connectivity index (χ0n) is 8.02. The number of nitrogen functional groups attached to an aromatic ring is 1. The van der Waals surface area contributed by atoms with Gasteiger partial charge in [0.05, 0.1) is 5.02 Å². The Morgan fingerprint density at radius 3 is 2.75 bits per heavy atom. The lowest BCUT2D eigenvalue weighted by atomic mass is 10.3. The Labute approximate surface area is 102 Å². The van der Waals surface area contributed by atoms with Crippen LogP contribution in [0.1, 0.15) is 0 Å². The van der Waals surface area contributed by atoms with Crippen molar-refractivity contribution in [2.75, 3.05) is 5.73 Å². The minimum Gasteiger partial charge on any atom is -0.423 e. The first kappa shape index (κ1) is 11.0. The summed E-state index contributed by atoms with van der Waals surface area (Å²) in [7, 11) is 0. The zero-order valence-corrected chi connectivity index (χ0v) is 9.53. The van der Waals surface area contributed by atoms with Crippen LogP contribution in [-0.4, -0.2) is 9.97 Å². The summed E-state index contributed by atoms with van der Waals surface area (Å²) < 4.78 is 5.35. The monoisotopic (exact) mass is 255 g/mol. The molecule has 0 saturated heterocycles. The summed E-state index contributed by atoms with van der Waals surface area (Å²) in [4.78, 5) is 7.77. The number of aromatic nitrogens is 2. The van der Waals surface area contributed by atoms with Gasteiger partial charge in [-0.3, -0.25) is 0 Å². The predicted molar refractivity (Wildman–Crippen MR) is 63.0 cm³/mol. The van der Waals surface area contributed by atoms with E-state index in [-0.39, 0.29) is 6.01 Å². The van der Waals surface area contributed by atoms with E-state index in [9.17, 15) is 0 Å². The number of benzene rings is 1. The maximum Gasteiger partial charge on any atom is 0.323 e. The van der Waals surface area contributed by atoms with Crippen LogP contribution in [0.15, 0.2) is 30.5 Å². The quantitative estimate of drug-likeness (QED) is 0.896. The van der Waals surface area contributed by atoms with Gasteiger partial charge in [-0.1, -0.05) is 23.2 Å². The molecule has 1 heterocycles. The van der Waals surface area contributed by atoms with Crippen molar-refractivity contribution in [3.8, 4) is 11.8 Å². The molecule has 0 spiro atoms. The molecule has 0 amide bonds. The number of halogens is 2. The highest BCUT2D eigenvalue weighted by Gasteiger charge is 2.06. The first-order chi connectivity index (χ1) is 7.65. The van der Waals surface area contributed by atoms with Crippen LogP contribution in [0, 0.1) is 0 Å². The molecule has 0 fully saturated rings. The van der Waals surface area contributed by atoms with Crippen LogP contribution in [0.5, 0.6) is 11.8 Å². The maximum absolute atomic E-state index is 5.92. The minimum atomic E-state index is 0.129. The van der Waals surface area contributed by atoms with Gasteiger partial charge >= 0.3 is 6.01 Å². The molecule has 0 aliphatic rings. The molecule has 0 unspecified atom stereocenters. The standard InChI is InChI=1S/C10H7Cl2N3O/c11-6-1-2-7(12)8(5-6)16-10-14-4-3-9(13)15-10/h1-5H,(H2,13,14,15). The van der Waals surface area contributed by atoms with Crippen LogP contribution < -0.4 is 10.5 Å². The zero-order chi connectivity index (χ0) is 11.5. The van der Waals surface area contributed by atoms with Gasteiger partial charge in [-0.2, -0.15) is 4.98 Å². The number of nitrogens with two attached hydrogens (primary N) is 1. The Balaban J connectivity index is 2.30. The lowest BCUT2D eigenvalue weighted by molar-refractivity contribution is 0.443. The number of hydrogen-bond acceptors (Lipinski definition) is 4. The van der Waals surface area contributed by atoms with Gasteiger partial charge < -0.3 is 10.5 Å². The van der Waals surface area contributed by atoms with E-state index in [1.54, 1.807) is 24.3 Å². The average molecular weight is 256 g/mol. The Kier molecular flexibility index (Phi) is 3.12. The van der Waals surface area contributed by atoms with Crippen LogP contribution >= 0.6 is 23.2 Å². The molecule has 2 aromatic rings. The van der Waals surface area contributed by atoms with Gasteiger partial charge in [0.15, 0.2) is 5.75 Å². The molecule has 2 N–H and O–H groups in total. The van der Waals surface area contributed by atoms with Crippen molar-refractivity contribution in [3.63, 3.8) is 0 Å². The molecule has 1 aromatic heterocycles. The number of ether oxygens (including phenoxy) is 1. The highest BCUT2D eigenvalue weighted by molar-refractivity contribution is 6.34. The lowest BCUT2D eigenvalue weighted by Gasteiger charge is -2.05. The predicted octanol–water partition coefficient (Wildman–Crippen LogP) is 3.16. The third-order valence-corrected chi connectivity index (χ3v) is 2.30. The van der Waals surface area contributed by atoms with E-state index in [1.165, 1.54) is 6.20 Å². The molecule has 4 nitrogen and oxygen atoms in total. The molecule has 2 rings (SSSR count). The molecule has 0 aliphatic carbocycles. The Morgan fingerprint density at radius 2 is 2.00 bits per heavy atom. The lowest BCUT2D eigenvalue weighted by Crippen LogP contribution is -1.95. The molecule has 0 bridgehead atoms. The molecule has 6 heteroatoms. The molecule has 0 atom stereocenters. The Morgan fingerprint density at radius 1 is 1.19 bits per heavy atom. The topological polar surface area (TPSA) is 61.0 Å². The van der Waals surface area contributed by atoms with Crippen molar-refractivity contribution in [3.05, 3.63) is 40.5 Å². The minimum absolute atomic E-state index is 0.129. The number of nitrogens with zero attached hydrogens (tertiary/aromatic N) is 2. The first-order valence-corrected chi connectivity index (χ1v) is 5.12. The fourth-order valence-corrected chi connectivity index (χ4v) is 1.38. The molecule has 0 aliphatic heterocycles. The van der Waals surface area contributed by atoms with Crippen LogP contribution in [0.3, 0.4) is 0 Å². The smallest absolute Gasteiger partial charge is 0.323 e. The van der Waals surface area contributed by atoms with E-state index in [0.29, 0.717) is 21.6 Å². The largest absolute Gasteiger partial charge is 0.423 e. The SMILES string of the molecule is Nc1ccnc(Oc2cc(Cl)ccc2Cl)n1. The second kappa shape index (κ2) is 4.55. The molecule has 1 aromatic carbocycles. The van der Waals surface area contributed by atoms with Gasteiger partial charge in [0.25, 0.3) is 0 Å². The summed E-state index contributed by atoms with van der Waals surface area (Å²) in [6, 6.07) is 6.56. The fraction of sp³-hybridized carbons (Fsp3) is 0. The van der Waals surface area contributed by atoms with E-state index < -0.39 is 0 Å². The molecule has 0 radical (unpaired) electrons. The summed E-state index contributed by atoms with van der Waals surface area (Å²) in [6.45, 7) is 0. The summed E-state index contributed by atoms with van der Waals surface area (Å²) in [5.74, 6) is 0.711. The van der Waals surface area contributed by atoms with Gasteiger partial charge in [-0.15, -0.1) is 0 Å². The third-order valence-electron chi connectivity index (χ3n) is 1.75. The van der Waals surface area contributed by atoms with Gasteiger partial charge in [0.2, 0.25) is 0 Å². The molecule has 82 valence electrons. The Hall–Kier alpha value is -1.52. The second-order valence-electron chi connectivity index (χ2n) is 2.94. The summed E-state index contributed by atoms with van der Waals surface area (Å²) in [5.41, 5.74) is 5.49. The molecule has 0 saturated carbocycles. The van der Waals surface area contributed by atoms with Crippen molar-refractivity contribution < 1.29 is 4.74 Å². The number of rotatable bonds is 2. The third kappa shape index (κ3) is 2.53. The van der Waals surface area contributed by atoms with Crippen LogP contribution in [0.25, 0.3) is 0 Å². The highest BCUT2D eigenvalue weighted by Crippen LogP contribution is 2.30. The van der Waals surface area contributed by atoms with E-state index in [2.05, 4.69) is 9.97 Å². The molecule has 16 heavy (non-hydrogen) atoms. The van der Waals surface area contributed by atoms with Crippen molar-refractivity contribution >= 4 is 29.0 Å². The maximum atomic E-state index is 5.92. The van der Waals surface area contributed by atoms with Crippen molar-refractivity contribution in [2.45, 2.75) is 0 Å². The highest BCUT2D eigenvalue weighted by atomic mass is 35.5. The fourth-order valence-electron chi connectivity index (χ4n) is 1.06. The first-order valence-electron chi connectivity index (χ1n) is 4.36. The van der Waals surface area contributed by atoms with Crippen molar-refractivity contribution in [2.24, 2.45) is 0 Å². The number of hydrogen-bond donors (Lipinski definition) is 1. The number of anilines is 1. The van der Waals surface area contributed by atoms with Gasteiger partial charge in [-0.25, -0.2) is 4.98 Å². The summed E-state index contributed by atoms with van der Waals surface area (Å²) in [5, 5.41) is 0.943. The van der Waals surface area contributed by atoms with E-state index in [1.807, 2.05) is 0 Å². The normalized spacial score (nSPS) is 10.1. The van der Waals surface area contributed by atoms with E-state index >= 15 is 0 Å². The van der Waals surface area contributed by atoms with E-state index in [0.717, 1.165) is 0 Å². The molecular formula is C10H7Cl2N3O. The van der Waals surface area contributed by atoms with Crippen molar-refractivity contribution in [1.82, 2.24) is 9.97 Å². The van der Waals surface area contributed by atoms with Gasteiger partial charge in [0.1, 0.15) is 5.82 Å². The Bertz CT molecular complexity index is 519.